The molecule has 0 amide bonds. The van der Waals surface area contributed by atoms with Gasteiger partial charge in [-0.2, -0.15) is 0 Å². The van der Waals surface area contributed by atoms with E-state index in [0.717, 1.165) is 51.4 Å². The molecule has 0 bridgehead atoms. The standard InChI is InChI=1S/C21H36O4/c1-5-9-11-14-18(7-3)24-20(22)16-13-17-21(23)25-19(8-4)15-12-10-6-2/h7-8,18-19H,3-6,9-17H2,1-2H3. The number of carbonyl (C=O) groups excluding carboxylic acids is 2. The van der Waals surface area contributed by atoms with Gasteiger partial charge in [0.2, 0.25) is 0 Å². The van der Waals surface area contributed by atoms with Crippen molar-refractivity contribution in [3.63, 3.8) is 0 Å². The summed E-state index contributed by atoms with van der Waals surface area (Å²) in [5, 5.41) is 0. The third-order valence-corrected chi connectivity index (χ3v) is 4.04. The number of unbranched alkanes of at least 4 members (excludes halogenated alkanes) is 4. The van der Waals surface area contributed by atoms with E-state index < -0.39 is 0 Å². The molecule has 0 radical (unpaired) electrons. The van der Waals surface area contributed by atoms with E-state index in [0.29, 0.717) is 6.42 Å². The summed E-state index contributed by atoms with van der Waals surface area (Å²) in [6.45, 7) is 11.7. The summed E-state index contributed by atoms with van der Waals surface area (Å²) in [5.41, 5.74) is 0. The monoisotopic (exact) mass is 352 g/mol. The first kappa shape index (κ1) is 23.4. The van der Waals surface area contributed by atoms with Crippen molar-refractivity contribution in [2.45, 2.75) is 96.7 Å². The maximum Gasteiger partial charge on any atom is 0.306 e. The Morgan fingerprint density at radius 2 is 1.16 bits per heavy atom. The lowest BCUT2D eigenvalue weighted by Crippen LogP contribution is -2.18. The Kier molecular flexibility index (Phi) is 14.9. The van der Waals surface area contributed by atoms with Crippen LogP contribution in [0.1, 0.15) is 84.5 Å². The fraction of sp³-hybridized carbons (Fsp3) is 0.714. The van der Waals surface area contributed by atoms with E-state index >= 15 is 0 Å². The number of esters is 2. The van der Waals surface area contributed by atoms with E-state index in [1.807, 2.05) is 0 Å². The van der Waals surface area contributed by atoms with Gasteiger partial charge >= 0.3 is 11.9 Å². The highest BCUT2D eigenvalue weighted by atomic mass is 16.5. The minimum atomic E-state index is -0.280. The summed E-state index contributed by atoms with van der Waals surface area (Å²) < 4.78 is 10.7. The lowest BCUT2D eigenvalue weighted by Gasteiger charge is -2.15. The summed E-state index contributed by atoms with van der Waals surface area (Å²) in [6, 6.07) is 0. The Hall–Kier alpha value is -1.58. The highest BCUT2D eigenvalue weighted by molar-refractivity contribution is 5.72. The van der Waals surface area contributed by atoms with Crippen molar-refractivity contribution < 1.29 is 19.1 Å². The average molecular weight is 353 g/mol. The molecule has 0 rings (SSSR count). The molecule has 0 aliphatic rings. The van der Waals surface area contributed by atoms with Gasteiger partial charge in [-0.3, -0.25) is 9.59 Å². The van der Waals surface area contributed by atoms with Gasteiger partial charge in [-0.25, -0.2) is 0 Å². The van der Waals surface area contributed by atoms with Gasteiger partial charge in [-0.05, 0) is 32.1 Å². The van der Waals surface area contributed by atoms with E-state index in [4.69, 9.17) is 9.47 Å². The molecule has 0 aromatic rings. The molecule has 0 spiro atoms. The molecule has 4 heteroatoms. The van der Waals surface area contributed by atoms with Crippen molar-refractivity contribution in [2.24, 2.45) is 0 Å². The maximum atomic E-state index is 11.8. The molecule has 0 aromatic carbocycles. The van der Waals surface area contributed by atoms with E-state index in [2.05, 4.69) is 27.0 Å². The van der Waals surface area contributed by atoms with Crippen LogP contribution in [0.15, 0.2) is 25.3 Å². The molecular weight excluding hydrogens is 316 g/mol. The molecule has 2 unspecified atom stereocenters. The smallest absolute Gasteiger partial charge is 0.306 e. The first-order valence-electron chi connectivity index (χ1n) is 9.71. The average Bonchev–Trinajstić information content (AvgIpc) is 2.60. The number of hydrogen-bond acceptors (Lipinski definition) is 4. The molecule has 0 saturated heterocycles. The van der Waals surface area contributed by atoms with E-state index in [-0.39, 0.29) is 37.0 Å². The van der Waals surface area contributed by atoms with Crippen molar-refractivity contribution in [2.75, 3.05) is 0 Å². The molecule has 0 aliphatic carbocycles. The molecule has 0 fully saturated rings. The normalized spacial score (nSPS) is 12.9. The summed E-state index contributed by atoms with van der Waals surface area (Å²) in [6.07, 6.45) is 11.9. The molecular formula is C21H36O4. The molecule has 0 aromatic heterocycles. The van der Waals surface area contributed by atoms with Crippen LogP contribution in [0, 0.1) is 0 Å². The van der Waals surface area contributed by atoms with Crippen LogP contribution in [0.25, 0.3) is 0 Å². The molecule has 144 valence electrons. The lowest BCUT2D eigenvalue weighted by atomic mass is 10.1. The zero-order valence-electron chi connectivity index (χ0n) is 16.1. The molecule has 0 saturated carbocycles. The first-order valence-corrected chi connectivity index (χ1v) is 9.71. The van der Waals surface area contributed by atoms with Gasteiger partial charge in [0.05, 0.1) is 0 Å². The maximum absolute atomic E-state index is 11.8. The number of ether oxygens (including phenoxy) is 2. The zero-order chi connectivity index (χ0) is 18.9. The van der Waals surface area contributed by atoms with Gasteiger partial charge in [0.25, 0.3) is 0 Å². The van der Waals surface area contributed by atoms with Gasteiger partial charge in [0.15, 0.2) is 0 Å². The van der Waals surface area contributed by atoms with Crippen molar-refractivity contribution in [3.05, 3.63) is 25.3 Å². The molecule has 0 aliphatic heterocycles. The largest absolute Gasteiger partial charge is 0.458 e. The van der Waals surface area contributed by atoms with Crippen LogP contribution >= 0.6 is 0 Å². The summed E-state index contributed by atoms with van der Waals surface area (Å²) >= 11 is 0. The minimum absolute atomic E-state index is 0.224. The third-order valence-electron chi connectivity index (χ3n) is 4.04. The Bertz CT molecular complexity index is 353. The van der Waals surface area contributed by atoms with E-state index in [1.54, 1.807) is 12.2 Å². The quantitative estimate of drug-likeness (QED) is 0.209. The predicted octanol–water partition coefficient (Wildman–Crippen LogP) is 5.51. The fourth-order valence-electron chi connectivity index (χ4n) is 2.47. The van der Waals surface area contributed by atoms with Crippen molar-refractivity contribution in [1.29, 1.82) is 0 Å². The van der Waals surface area contributed by atoms with Crippen LogP contribution in [-0.4, -0.2) is 24.1 Å². The van der Waals surface area contributed by atoms with Gasteiger partial charge in [0, 0.05) is 12.8 Å². The van der Waals surface area contributed by atoms with Gasteiger partial charge in [-0.15, -0.1) is 0 Å². The van der Waals surface area contributed by atoms with Crippen LogP contribution in [0.4, 0.5) is 0 Å². The van der Waals surface area contributed by atoms with Gasteiger partial charge < -0.3 is 9.47 Å². The van der Waals surface area contributed by atoms with Crippen molar-refractivity contribution >= 4 is 11.9 Å². The molecule has 0 heterocycles. The SMILES string of the molecule is C=CC(CCCCC)OC(=O)CCCC(=O)OC(C=C)CCCCC. The molecule has 0 N–H and O–H groups in total. The van der Waals surface area contributed by atoms with E-state index in [9.17, 15) is 9.59 Å². The van der Waals surface area contributed by atoms with Gasteiger partial charge in [-0.1, -0.05) is 64.8 Å². The first-order chi connectivity index (χ1) is 12.1. The molecule has 4 nitrogen and oxygen atoms in total. The number of carbonyl (C=O) groups is 2. The Morgan fingerprint density at radius 1 is 0.760 bits per heavy atom. The Balaban J connectivity index is 3.95. The van der Waals surface area contributed by atoms with E-state index in [1.165, 1.54) is 0 Å². The third kappa shape index (κ3) is 13.4. The second-order valence-electron chi connectivity index (χ2n) is 6.37. The predicted molar refractivity (Wildman–Crippen MR) is 102 cm³/mol. The highest BCUT2D eigenvalue weighted by Crippen LogP contribution is 2.12. The fourth-order valence-corrected chi connectivity index (χ4v) is 2.47. The molecule has 2 atom stereocenters. The van der Waals surface area contributed by atoms with Crippen molar-refractivity contribution in [1.82, 2.24) is 0 Å². The topological polar surface area (TPSA) is 52.6 Å². The van der Waals surface area contributed by atoms with Crippen LogP contribution in [0.2, 0.25) is 0 Å². The second kappa shape index (κ2) is 15.9. The lowest BCUT2D eigenvalue weighted by molar-refractivity contribution is -0.149. The van der Waals surface area contributed by atoms with Crippen LogP contribution in [0.3, 0.4) is 0 Å². The van der Waals surface area contributed by atoms with Crippen LogP contribution in [0.5, 0.6) is 0 Å². The van der Waals surface area contributed by atoms with Gasteiger partial charge in [0.1, 0.15) is 12.2 Å². The highest BCUT2D eigenvalue weighted by Gasteiger charge is 2.14. The summed E-state index contributed by atoms with van der Waals surface area (Å²) in [5.74, 6) is -0.560. The number of hydrogen-bond donors (Lipinski definition) is 0. The number of rotatable bonds is 16. The van der Waals surface area contributed by atoms with Crippen molar-refractivity contribution in [3.8, 4) is 0 Å². The Labute approximate surface area is 153 Å². The zero-order valence-corrected chi connectivity index (χ0v) is 16.1. The Morgan fingerprint density at radius 3 is 1.48 bits per heavy atom. The summed E-state index contributed by atoms with van der Waals surface area (Å²) in [7, 11) is 0. The second-order valence-corrected chi connectivity index (χ2v) is 6.37. The van der Waals surface area contributed by atoms with Crippen LogP contribution in [-0.2, 0) is 19.1 Å². The molecule has 25 heavy (non-hydrogen) atoms. The minimum Gasteiger partial charge on any atom is -0.458 e. The summed E-state index contributed by atoms with van der Waals surface area (Å²) in [4.78, 5) is 23.7. The van der Waals surface area contributed by atoms with Crippen LogP contribution < -0.4 is 0 Å².